The van der Waals surface area contributed by atoms with Gasteiger partial charge < -0.3 is 4.74 Å². The summed E-state index contributed by atoms with van der Waals surface area (Å²) in [5.41, 5.74) is -2.30. The average molecular weight is 306 g/mol. The van der Waals surface area contributed by atoms with E-state index in [9.17, 15) is 31.1 Å². The van der Waals surface area contributed by atoms with Gasteiger partial charge in [-0.15, -0.1) is 0 Å². The molecule has 1 heterocycles. The van der Waals surface area contributed by atoms with Crippen LogP contribution in [0.3, 0.4) is 0 Å². The third kappa shape index (κ3) is 3.45. The van der Waals surface area contributed by atoms with Gasteiger partial charge in [0.1, 0.15) is 0 Å². The lowest BCUT2D eigenvalue weighted by Gasteiger charge is -2.30. The Hall–Kier alpha value is -0.790. The Kier molecular flexibility index (Phi) is 3.98. The van der Waals surface area contributed by atoms with Gasteiger partial charge in [-0.05, 0) is 34.1 Å². The van der Waals surface area contributed by atoms with Crippen molar-refractivity contribution in [2.75, 3.05) is 0 Å². The fraction of sp³-hybridized carbons (Fsp3) is 0.917. The Morgan fingerprint density at radius 2 is 1.45 bits per heavy atom. The van der Waals surface area contributed by atoms with Crippen molar-refractivity contribution in [1.29, 1.82) is 0 Å². The summed E-state index contributed by atoms with van der Waals surface area (Å²) >= 11 is 0. The van der Waals surface area contributed by atoms with E-state index in [1.54, 1.807) is 0 Å². The largest absolute Gasteiger partial charge is 0.407 e. The molecule has 2 nitrogen and oxygen atoms in total. The molecule has 1 rings (SSSR count). The molecule has 0 amide bonds. The first kappa shape index (κ1) is 17.3. The second-order valence-corrected chi connectivity index (χ2v) is 6.14. The summed E-state index contributed by atoms with van der Waals surface area (Å²) in [5.74, 6) is -7.29. The molecule has 8 heteroatoms. The number of ketones is 1. The Bertz CT molecular complexity index is 380. The van der Waals surface area contributed by atoms with Crippen LogP contribution in [0.15, 0.2) is 0 Å². The molecule has 1 unspecified atom stereocenters. The van der Waals surface area contributed by atoms with Gasteiger partial charge >= 0.3 is 12.4 Å². The SMILES string of the molecule is CC1(C)CC(C(=O)C(C(F)(F)F)C(F)(F)F)C(C)(C)O1. The van der Waals surface area contributed by atoms with Gasteiger partial charge in [-0.3, -0.25) is 4.79 Å². The van der Waals surface area contributed by atoms with Crippen LogP contribution in [-0.4, -0.2) is 29.3 Å². The Balaban J connectivity index is 3.15. The van der Waals surface area contributed by atoms with Gasteiger partial charge in [0.25, 0.3) is 0 Å². The second-order valence-electron chi connectivity index (χ2n) is 6.14. The first-order valence-corrected chi connectivity index (χ1v) is 5.95. The quantitative estimate of drug-likeness (QED) is 0.724. The van der Waals surface area contributed by atoms with E-state index in [0.717, 1.165) is 0 Å². The number of halogens is 6. The zero-order valence-electron chi connectivity index (χ0n) is 11.4. The molecule has 1 saturated heterocycles. The van der Waals surface area contributed by atoms with Crippen molar-refractivity contribution in [3.63, 3.8) is 0 Å². The van der Waals surface area contributed by atoms with E-state index in [4.69, 9.17) is 4.74 Å². The molecule has 1 aliphatic rings. The smallest absolute Gasteiger partial charge is 0.369 e. The lowest BCUT2D eigenvalue weighted by Crippen LogP contribution is -2.48. The molecular weight excluding hydrogens is 290 g/mol. The van der Waals surface area contributed by atoms with Crippen LogP contribution < -0.4 is 0 Å². The van der Waals surface area contributed by atoms with Crippen LogP contribution in [-0.2, 0) is 9.53 Å². The summed E-state index contributed by atoms with van der Waals surface area (Å²) < 4.78 is 80.9. The van der Waals surface area contributed by atoms with Crippen LogP contribution in [0, 0.1) is 11.8 Å². The van der Waals surface area contributed by atoms with Gasteiger partial charge in [0, 0.05) is 5.92 Å². The minimum Gasteiger partial charge on any atom is -0.369 e. The van der Waals surface area contributed by atoms with Crippen LogP contribution in [0.4, 0.5) is 26.3 Å². The highest BCUT2D eigenvalue weighted by molar-refractivity contribution is 5.86. The topological polar surface area (TPSA) is 26.3 Å². The van der Waals surface area contributed by atoms with Crippen molar-refractivity contribution in [1.82, 2.24) is 0 Å². The van der Waals surface area contributed by atoms with Crippen molar-refractivity contribution >= 4 is 5.78 Å². The van der Waals surface area contributed by atoms with E-state index < -0.39 is 41.2 Å². The Morgan fingerprint density at radius 1 is 1.05 bits per heavy atom. The summed E-state index contributed by atoms with van der Waals surface area (Å²) in [6.45, 7) is 5.71. The molecule has 1 fully saturated rings. The monoisotopic (exact) mass is 306 g/mol. The highest BCUT2D eigenvalue weighted by Crippen LogP contribution is 2.48. The molecule has 20 heavy (non-hydrogen) atoms. The standard InChI is InChI=1S/C12H16F6O2/c1-9(2)5-6(10(3,4)20-9)7(19)8(11(13,14)15)12(16,17)18/h6,8H,5H2,1-4H3. The summed E-state index contributed by atoms with van der Waals surface area (Å²) in [6.07, 6.45) is -11.5. The molecule has 0 radical (unpaired) electrons. The second kappa shape index (κ2) is 4.61. The number of hydrogen-bond acceptors (Lipinski definition) is 2. The molecule has 1 aliphatic heterocycles. The minimum atomic E-state index is -5.65. The van der Waals surface area contributed by atoms with E-state index in [-0.39, 0.29) is 6.42 Å². The van der Waals surface area contributed by atoms with Gasteiger partial charge in [0.05, 0.1) is 11.2 Å². The summed E-state index contributed by atoms with van der Waals surface area (Å²) in [6, 6.07) is 0. The number of carbonyl (C=O) groups excluding carboxylic acids is 1. The first-order chi connectivity index (χ1) is 8.58. The van der Waals surface area contributed by atoms with Gasteiger partial charge in [0.2, 0.25) is 5.92 Å². The molecule has 0 aromatic heterocycles. The lowest BCUT2D eigenvalue weighted by atomic mass is 9.79. The highest BCUT2D eigenvalue weighted by Gasteiger charge is 2.64. The lowest BCUT2D eigenvalue weighted by molar-refractivity contribution is -0.275. The van der Waals surface area contributed by atoms with E-state index >= 15 is 0 Å². The molecule has 0 N–H and O–H groups in total. The number of rotatable bonds is 2. The van der Waals surface area contributed by atoms with E-state index in [0.29, 0.717) is 0 Å². The number of hydrogen-bond donors (Lipinski definition) is 0. The third-order valence-corrected chi connectivity index (χ3v) is 3.36. The van der Waals surface area contributed by atoms with Crippen molar-refractivity contribution < 1.29 is 35.9 Å². The van der Waals surface area contributed by atoms with Gasteiger partial charge in [-0.2, -0.15) is 26.3 Å². The molecule has 0 spiro atoms. The normalized spacial score (nSPS) is 26.1. The summed E-state index contributed by atoms with van der Waals surface area (Å²) in [7, 11) is 0. The van der Waals surface area contributed by atoms with Crippen molar-refractivity contribution in [2.24, 2.45) is 11.8 Å². The molecule has 118 valence electrons. The third-order valence-electron chi connectivity index (χ3n) is 3.36. The Labute approximate surface area is 112 Å². The van der Waals surface area contributed by atoms with Gasteiger partial charge in [-0.1, -0.05) is 0 Å². The van der Waals surface area contributed by atoms with E-state index in [1.807, 2.05) is 0 Å². The van der Waals surface area contributed by atoms with Gasteiger partial charge in [0.15, 0.2) is 5.78 Å². The maximum atomic E-state index is 12.6. The molecule has 1 atom stereocenters. The van der Waals surface area contributed by atoms with E-state index in [2.05, 4.69) is 0 Å². The van der Waals surface area contributed by atoms with Crippen LogP contribution >= 0.6 is 0 Å². The average Bonchev–Trinajstić information content (AvgIpc) is 2.28. The number of ether oxygens (including phenoxy) is 1. The maximum Gasteiger partial charge on any atom is 0.407 e. The zero-order chi connectivity index (χ0) is 16.1. The fourth-order valence-corrected chi connectivity index (χ4v) is 2.71. The minimum absolute atomic E-state index is 0.179. The maximum absolute atomic E-state index is 12.6. The summed E-state index contributed by atoms with van der Waals surface area (Å²) in [5, 5.41) is 0. The zero-order valence-corrected chi connectivity index (χ0v) is 11.4. The first-order valence-electron chi connectivity index (χ1n) is 5.95. The molecule has 0 aliphatic carbocycles. The van der Waals surface area contributed by atoms with Gasteiger partial charge in [-0.25, -0.2) is 0 Å². The van der Waals surface area contributed by atoms with Crippen LogP contribution in [0.2, 0.25) is 0 Å². The van der Waals surface area contributed by atoms with Crippen LogP contribution in [0.5, 0.6) is 0 Å². The molecular formula is C12H16F6O2. The van der Waals surface area contributed by atoms with Crippen LogP contribution in [0.25, 0.3) is 0 Å². The predicted molar refractivity (Wildman–Crippen MR) is 58.0 cm³/mol. The molecule has 0 aromatic rings. The van der Waals surface area contributed by atoms with Crippen molar-refractivity contribution in [2.45, 2.75) is 57.7 Å². The number of alkyl halides is 6. The van der Waals surface area contributed by atoms with Crippen LogP contribution in [0.1, 0.15) is 34.1 Å². The molecule has 0 bridgehead atoms. The molecule has 0 saturated carbocycles. The van der Waals surface area contributed by atoms with Crippen molar-refractivity contribution in [3.8, 4) is 0 Å². The summed E-state index contributed by atoms with van der Waals surface area (Å²) in [4.78, 5) is 11.8. The predicted octanol–water partition coefficient (Wildman–Crippen LogP) is 3.89. The Morgan fingerprint density at radius 3 is 1.70 bits per heavy atom. The van der Waals surface area contributed by atoms with E-state index in [1.165, 1.54) is 27.7 Å². The number of carbonyl (C=O) groups is 1. The highest BCUT2D eigenvalue weighted by atomic mass is 19.4. The number of Topliss-reactive ketones (excluding diaryl/α,β-unsaturated/α-hetero) is 1. The molecule has 0 aromatic carbocycles. The van der Waals surface area contributed by atoms with Crippen molar-refractivity contribution in [3.05, 3.63) is 0 Å². The fourth-order valence-electron chi connectivity index (χ4n) is 2.71.